The molecule has 21 heavy (non-hydrogen) atoms. The largest absolute Gasteiger partial charge is 0.444 e. The monoisotopic (exact) mass is 300 g/mol. The molecule has 0 radical (unpaired) electrons. The minimum atomic E-state index is -2.60. The number of hydrogen-bond donors (Lipinski definition) is 2. The maximum Gasteiger partial charge on any atom is 0.412 e. The molecule has 1 atom stereocenters. The fraction of sp³-hybridized carbons (Fsp3) is 0.533. The summed E-state index contributed by atoms with van der Waals surface area (Å²) in [5.74, 6) is 0. The third-order valence-corrected chi connectivity index (χ3v) is 2.68. The number of carbonyl (C=O) groups is 1. The minimum absolute atomic E-state index is 0.0530. The molecule has 0 spiro atoms. The predicted molar refractivity (Wildman–Crippen MR) is 78.6 cm³/mol. The first-order valence-electron chi connectivity index (χ1n) is 6.65. The van der Waals surface area contributed by atoms with Gasteiger partial charge in [-0.05, 0) is 51.8 Å². The molecule has 3 N–H and O–H groups in total. The van der Waals surface area contributed by atoms with Crippen molar-refractivity contribution < 1.29 is 18.3 Å². The smallest absolute Gasteiger partial charge is 0.412 e. The van der Waals surface area contributed by atoms with Gasteiger partial charge in [-0.25, -0.2) is 13.6 Å². The van der Waals surface area contributed by atoms with Crippen molar-refractivity contribution in [1.29, 1.82) is 0 Å². The van der Waals surface area contributed by atoms with E-state index < -0.39 is 23.7 Å². The summed E-state index contributed by atoms with van der Waals surface area (Å²) in [6, 6.07) is 6.56. The Labute approximate surface area is 123 Å². The molecule has 4 nitrogen and oxygen atoms in total. The Hall–Kier alpha value is -1.69. The Kier molecular flexibility index (Phi) is 5.28. The molecule has 0 bridgehead atoms. The second-order valence-electron chi connectivity index (χ2n) is 6.31. The highest BCUT2D eigenvalue weighted by molar-refractivity contribution is 5.84. The van der Waals surface area contributed by atoms with E-state index in [1.807, 2.05) is 0 Å². The summed E-state index contributed by atoms with van der Waals surface area (Å²) in [4.78, 5) is 11.6. The molecule has 1 unspecified atom stereocenters. The van der Waals surface area contributed by atoms with Gasteiger partial charge in [0, 0.05) is 5.69 Å². The molecule has 0 aliphatic heterocycles. The van der Waals surface area contributed by atoms with Gasteiger partial charge in [0.25, 0.3) is 6.43 Å². The van der Waals surface area contributed by atoms with Crippen LogP contribution < -0.4 is 11.1 Å². The second kappa shape index (κ2) is 6.39. The number of anilines is 1. The zero-order chi connectivity index (χ0) is 16.3. The quantitative estimate of drug-likeness (QED) is 0.893. The third-order valence-electron chi connectivity index (χ3n) is 2.68. The van der Waals surface area contributed by atoms with Crippen LogP contribution in [0.25, 0.3) is 0 Å². The molecule has 6 heteroatoms. The average Bonchev–Trinajstić information content (AvgIpc) is 2.28. The number of alkyl halides is 2. The Bertz CT molecular complexity index is 479. The summed E-state index contributed by atoms with van der Waals surface area (Å²) >= 11 is 0. The average molecular weight is 300 g/mol. The van der Waals surface area contributed by atoms with Crippen LogP contribution in [0.5, 0.6) is 0 Å². The van der Waals surface area contributed by atoms with Crippen LogP contribution in [0.15, 0.2) is 24.3 Å². The summed E-state index contributed by atoms with van der Waals surface area (Å²) in [6.07, 6.45) is -3.11. The number of benzene rings is 1. The lowest BCUT2D eigenvalue weighted by Gasteiger charge is -2.23. The fourth-order valence-electron chi connectivity index (χ4n) is 1.64. The van der Waals surface area contributed by atoms with Gasteiger partial charge in [0.2, 0.25) is 0 Å². The Morgan fingerprint density at radius 3 is 2.19 bits per heavy atom. The van der Waals surface area contributed by atoms with E-state index in [2.05, 4.69) is 5.32 Å². The molecule has 0 aliphatic rings. The maximum atomic E-state index is 12.7. The van der Waals surface area contributed by atoms with Crippen LogP contribution in [0.3, 0.4) is 0 Å². The van der Waals surface area contributed by atoms with Crippen LogP contribution in [-0.4, -0.2) is 23.7 Å². The topological polar surface area (TPSA) is 64.3 Å². The van der Waals surface area contributed by atoms with Gasteiger partial charge in [0.15, 0.2) is 0 Å². The number of carbonyl (C=O) groups excluding carboxylic acids is 1. The lowest BCUT2D eigenvalue weighted by molar-refractivity contribution is 0.0634. The molecule has 1 aromatic rings. The predicted octanol–water partition coefficient (Wildman–Crippen LogP) is 3.56. The highest BCUT2D eigenvalue weighted by Gasteiger charge is 2.30. The van der Waals surface area contributed by atoms with E-state index in [9.17, 15) is 13.6 Å². The van der Waals surface area contributed by atoms with E-state index in [0.717, 1.165) is 0 Å². The van der Waals surface area contributed by atoms with Crippen LogP contribution in [0.1, 0.15) is 33.3 Å². The van der Waals surface area contributed by atoms with Crippen molar-refractivity contribution in [2.75, 3.05) is 5.32 Å². The van der Waals surface area contributed by atoms with Crippen molar-refractivity contribution in [3.05, 3.63) is 29.8 Å². The Morgan fingerprint density at radius 1 is 1.24 bits per heavy atom. The van der Waals surface area contributed by atoms with Crippen molar-refractivity contribution >= 4 is 11.8 Å². The lowest BCUT2D eigenvalue weighted by Crippen LogP contribution is -2.45. The number of rotatable bonds is 4. The molecule has 0 saturated heterocycles. The number of nitrogens with two attached hydrogens (primary N) is 1. The van der Waals surface area contributed by atoms with E-state index in [-0.39, 0.29) is 6.42 Å². The van der Waals surface area contributed by atoms with Gasteiger partial charge >= 0.3 is 6.09 Å². The van der Waals surface area contributed by atoms with Crippen LogP contribution in [0, 0.1) is 0 Å². The van der Waals surface area contributed by atoms with E-state index in [1.165, 1.54) is 6.92 Å². The van der Waals surface area contributed by atoms with E-state index in [0.29, 0.717) is 11.3 Å². The minimum Gasteiger partial charge on any atom is -0.444 e. The zero-order valence-corrected chi connectivity index (χ0v) is 12.7. The second-order valence-corrected chi connectivity index (χ2v) is 6.31. The van der Waals surface area contributed by atoms with E-state index >= 15 is 0 Å². The molecule has 0 saturated carbocycles. The molecular formula is C15H22F2N2O2. The van der Waals surface area contributed by atoms with E-state index in [4.69, 9.17) is 10.5 Å². The normalized spacial score (nSPS) is 14.7. The van der Waals surface area contributed by atoms with Crippen LogP contribution in [0.4, 0.5) is 19.3 Å². The zero-order valence-electron chi connectivity index (χ0n) is 12.7. The van der Waals surface area contributed by atoms with Crippen molar-refractivity contribution in [2.24, 2.45) is 5.73 Å². The molecule has 0 aliphatic carbocycles. The van der Waals surface area contributed by atoms with Crippen LogP contribution >= 0.6 is 0 Å². The number of halogens is 2. The highest BCUT2D eigenvalue weighted by atomic mass is 19.3. The van der Waals surface area contributed by atoms with Crippen LogP contribution in [-0.2, 0) is 11.2 Å². The van der Waals surface area contributed by atoms with Gasteiger partial charge in [-0.15, -0.1) is 0 Å². The van der Waals surface area contributed by atoms with Crippen molar-refractivity contribution in [1.82, 2.24) is 0 Å². The molecule has 118 valence electrons. The standard InChI is InChI=1S/C15H22F2N2O2/c1-14(2,3)21-13(20)19-11-7-5-10(6-8-11)9-15(4,18)12(16)17/h5-8,12H,9,18H2,1-4H3,(H,19,20). The summed E-state index contributed by atoms with van der Waals surface area (Å²) in [5, 5.41) is 2.57. The molecule has 1 aromatic carbocycles. The first-order valence-corrected chi connectivity index (χ1v) is 6.65. The van der Waals surface area contributed by atoms with Gasteiger partial charge in [-0.3, -0.25) is 5.32 Å². The van der Waals surface area contributed by atoms with E-state index in [1.54, 1.807) is 45.0 Å². The van der Waals surface area contributed by atoms with Crippen molar-refractivity contribution in [2.45, 2.75) is 51.7 Å². The van der Waals surface area contributed by atoms with Gasteiger partial charge < -0.3 is 10.5 Å². The molecular weight excluding hydrogens is 278 g/mol. The first-order chi connectivity index (χ1) is 9.49. The molecule has 0 aromatic heterocycles. The van der Waals surface area contributed by atoms with Crippen molar-refractivity contribution in [3.8, 4) is 0 Å². The Morgan fingerprint density at radius 2 is 1.76 bits per heavy atom. The number of nitrogens with one attached hydrogen (secondary N) is 1. The van der Waals surface area contributed by atoms with Crippen LogP contribution in [0.2, 0.25) is 0 Å². The van der Waals surface area contributed by atoms with Gasteiger partial charge in [0.05, 0.1) is 5.54 Å². The highest BCUT2D eigenvalue weighted by Crippen LogP contribution is 2.20. The lowest BCUT2D eigenvalue weighted by atomic mass is 9.94. The summed E-state index contributed by atoms with van der Waals surface area (Å²) in [7, 11) is 0. The number of ether oxygens (including phenoxy) is 1. The molecule has 0 fully saturated rings. The first kappa shape index (κ1) is 17.4. The molecule has 1 rings (SSSR count). The van der Waals surface area contributed by atoms with Gasteiger partial charge in [-0.1, -0.05) is 12.1 Å². The molecule has 0 heterocycles. The van der Waals surface area contributed by atoms with Gasteiger partial charge in [-0.2, -0.15) is 0 Å². The van der Waals surface area contributed by atoms with Crippen molar-refractivity contribution in [3.63, 3.8) is 0 Å². The summed E-state index contributed by atoms with van der Waals surface area (Å²) in [6.45, 7) is 6.61. The fourth-order valence-corrected chi connectivity index (χ4v) is 1.64. The summed E-state index contributed by atoms with van der Waals surface area (Å²) in [5.41, 5.74) is 4.60. The maximum absolute atomic E-state index is 12.7. The summed E-state index contributed by atoms with van der Waals surface area (Å²) < 4.78 is 30.5. The Balaban J connectivity index is 2.65. The third kappa shape index (κ3) is 6.08. The molecule has 1 amide bonds. The number of amides is 1. The number of hydrogen-bond acceptors (Lipinski definition) is 3. The van der Waals surface area contributed by atoms with Gasteiger partial charge in [0.1, 0.15) is 5.60 Å². The SMILES string of the molecule is CC(C)(C)OC(=O)Nc1ccc(CC(C)(N)C(F)F)cc1.